The van der Waals surface area contributed by atoms with Crippen LogP contribution in [0.4, 0.5) is 0 Å². The van der Waals surface area contributed by atoms with Crippen LogP contribution in [0, 0.1) is 0 Å². The monoisotopic (exact) mass is 271 g/mol. The van der Waals surface area contributed by atoms with E-state index < -0.39 is 23.1 Å². The molecule has 0 spiro atoms. The van der Waals surface area contributed by atoms with Crippen LogP contribution in [0.25, 0.3) is 0 Å². The molecule has 3 rings (SSSR count). The highest BCUT2D eigenvalue weighted by molar-refractivity contribution is 6.30. The van der Waals surface area contributed by atoms with Gasteiger partial charge in [0.25, 0.3) is 0 Å². The summed E-state index contributed by atoms with van der Waals surface area (Å²) in [6, 6.07) is 2.50. The molecular weight excluding hydrogens is 262 g/mol. The van der Waals surface area contributed by atoms with E-state index in [1.165, 1.54) is 25.6 Å². The average Bonchev–Trinajstić information content (AvgIpc) is 2.46. The first kappa shape index (κ1) is 12.2. The number of benzene rings is 1. The van der Waals surface area contributed by atoms with Gasteiger partial charge in [-0.05, 0) is 6.07 Å². The molecule has 6 nitrogen and oxygen atoms in total. The summed E-state index contributed by atoms with van der Waals surface area (Å²) >= 11 is 0. The van der Waals surface area contributed by atoms with Gasteiger partial charge in [-0.2, -0.15) is 0 Å². The third-order valence-corrected chi connectivity index (χ3v) is 3.23. The Morgan fingerprint density at radius 2 is 1.80 bits per heavy atom. The molecule has 0 bridgehead atoms. The van der Waals surface area contributed by atoms with Gasteiger partial charge in [0, 0.05) is 24.0 Å². The number of methoxy groups -OCH3 is 1. The van der Waals surface area contributed by atoms with Crippen LogP contribution < -0.4 is 4.74 Å². The molecule has 0 amide bonds. The first-order valence-corrected chi connectivity index (χ1v) is 5.72. The summed E-state index contributed by atoms with van der Waals surface area (Å²) in [5.41, 5.74) is -0.232. The van der Waals surface area contributed by atoms with Gasteiger partial charge >= 0.3 is 0 Å². The fourth-order valence-corrected chi connectivity index (χ4v) is 2.28. The van der Waals surface area contributed by atoms with E-state index in [2.05, 4.69) is 4.98 Å². The van der Waals surface area contributed by atoms with Crippen molar-refractivity contribution in [3.8, 4) is 17.2 Å². The Balaban J connectivity index is 2.39. The summed E-state index contributed by atoms with van der Waals surface area (Å²) in [7, 11) is 1.29. The Hall–Kier alpha value is -2.89. The Labute approximate surface area is 113 Å². The summed E-state index contributed by atoms with van der Waals surface area (Å²) < 4.78 is 4.88. The molecule has 6 heteroatoms. The van der Waals surface area contributed by atoms with Crippen molar-refractivity contribution in [3.63, 3.8) is 0 Å². The van der Waals surface area contributed by atoms with Crippen molar-refractivity contribution in [2.75, 3.05) is 7.11 Å². The van der Waals surface area contributed by atoms with Crippen LogP contribution in [0.2, 0.25) is 0 Å². The number of ketones is 2. The van der Waals surface area contributed by atoms with Gasteiger partial charge in [-0.3, -0.25) is 14.6 Å². The highest BCUT2D eigenvalue weighted by Gasteiger charge is 2.36. The van der Waals surface area contributed by atoms with Crippen molar-refractivity contribution in [2.24, 2.45) is 0 Å². The predicted molar refractivity (Wildman–Crippen MR) is 67.4 cm³/mol. The molecule has 0 aliphatic heterocycles. The summed E-state index contributed by atoms with van der Waals surface area (Å²) in [6.07, 6.45) is 2.64. The van der Waals surface area contributed by atoms with Crippen molar-refractivity contribution in [1.29, 1.82) is 0 Å². The van der Waals surface area contributed by atoms with E-state index in [0.717, 1.165) is 6.07 Å². The van der Waals surface area contributed by atoms with E-state index in [4.69, 9.17) is 4.74 Å². The zero-order valence-corrected chi connectivity index (χ0v) is 10.4. The normalized spacial score (nSPS) is 12.8. The summed E-state index contributed by atoms with van der Waals surface area (Å²) in [5.74, 6) is -2.05. The number of ether oxygens (including phenoxy) is 1. The fourth-order valence-electron chi connectivity index (χ4n) is 2.28. The maximum absolute atomic E-state index is 12.4. The molecule has 0 atom stereocenters. The SMILES string of the molecule is COc1cc(O)c2c(c1O)C(=O)c1ccncc1C2=O. The molecule has 1 aliphatic carbocycles. The number of phenols is 2. The molecule has 0 saturated carbocycles. The lowest BCUT2D eigenvalue weighted by molar-refractivity contribution is 0.0973. The Morgan fingerprint density at radius 3 is 2.50 bits per heavy atom. The van der Waals surface area contributed by atoms with Crippen molar-refractivity contribution in [3.05, 3.63) is 46.8 Å². The lowest BCUT2D eigenvalue weighted by atomic mass is 9.84. The number of carbonyl (C=O) groups excluding carboxylic acids is 2. The molecule has 1 aliphatic rings. The minimum atomic E-state index is -0.557. The minimum Gasteiger partial charge on any atom is -0.507 e. The molecule has 1 heterocycles. The molecule has 1 aromatic carbocycles. The van der Waals surface area contributed by atoms with Gasteiger partial charge < -0.3 is 14.9 Å². The number of hydrogen-bond donors (Lipinski definition) is 2. The largest absolute Gasteiger partial charge is 0.507 e. The van der Waals surface area contributed by atoms with Crippen molar-refractivity contribution in [2.45, 2.75) is 0 Å². The Bertz CT molecular complexity index is 766. The zero-order chi connectivity index (χ0) is 14.4. The number of aromatic hydroxyl groups is 2. The minimum absolute atomic E-state index is 0.0695. The molecule has 20 heavy (non-hydrogen) atoms. The van der Waals surface area contributed by atoms with Gasteiger partial charge in [-0.25, -0.2) is 0 Å². The number of aromatic nitrogens is 1. The van der Waals surface area contributed by atoms with Gasteiger partial charge in [0.2, 0.25) is 0 Å². The average molecular weight is 271 g/mol. The maximum Gasteiger partial charge on any atom is 0.199 e. The third-order valence-electron chi connectivity index (χ3n) is 3.23. The number of fused-ring (bicyclic) bond motifs is 2. The number of nitrogens with zero attached hydrogens (tertiary/aromatic N) is 1. The summed E-state index contributed by atoms with van der Waals surface area (Å²) in [6.45, 7) is 0. The van der Waals surface area contributed by atoms with Crippen LogP contribution in [0.15, 0.2) is 24.5 Å². The number of hydrogen-bond acceptors (Lipinski definition) is 6. The van der Waals surface area contributed by atoms with E-state index in [0.29, 0.717) is 0 Å². The number of rotatable bonds is 1. The van der Waals surface area contributed by atoms with Crippen LogP contribution in [-0.4, -0.2) is 33.9 Å². The predicted octanol–water partition coefficient (Wildman–Crippen LogP) is 1.28. The van der Waals surface area contributed by atoms with Gasteiger partial charge in [0.15, 0.2) is 23.1 Å². The number of carbonyl (C=O) groups is 2. The van der Waals surface area contributed by atoms with Crippen molar-refractivity contribution in [1.82, 2.24) is 4.98 Å². The second-order valence-electron chi connectivity index (χ2n) is 4.28. The van der Waals surface area contributed by atoms with E-state index in [-0.39, 0.29) is 28.0 Å². The van der Waals surface area contributed by atoms with E-state index in [1.807, 2.05) is 0 Å². The maximum atomic E-state index is 12.4. The number of pyridine rings is 1. The Kier molecular flexibility index (Phi) is 2.47. The fraction of sp³-hybridized carbons (Fsp3) is 0.0714. The van der Waals surface area contributed by atoms with Crippen molar-refractivity contribution >= 4 is 11.6 Å². The van der Waals surface area contributed by atoms with Crippen LogP contribution in [0.3, 0.4) is 0 Å². The van der Waals surface area contributed by atoms with Crippen molar-refractivity contribution < 1.29 is 24.5 Å². The summed E-state index contributed by atoms with van der Waals surface area (Å²) in [5, 5.41) is 20.0. The van der Waals surface area contributed by atoms with Gasteiger partial charge in [0.1, 0.15) is 5.75 Å². The summed E-state index contributed by atoms with van der Waals surface area (Å²) in [4.78, 5) is 28.5. The molecule has 2 N–H and O–H groups in total. The molecule has 100 valence electrons. The number of phenolic OH excluding ortho intramolecular Hbond substituents is 2. The van der Waals surface area contributed by atoms with Gasteiger partial charge in [0.05, 0.1) is 23.8 Å². The highest BCUT2D eigenvalue weighted by Crippen LogP contribution is 2.42. The third kappa shape index (κ3) is 1.41. The second kappa shape index (κ2) is 4.06. The standard InChI is InChI=1S/C14H9NO5/c1-20-9-4-8(16)10-11(14(9)19)12(17)6-2-3-15-5-7(6)13(10)18/h2-5,16,19H,1H3. The molecule has 2 aromatic rings. The first-order valence-electron chi connectivity index (χ1n) is 5.72. The highest BCUT2D eigenvalue weighted by atomic mass is 16.5. The van der Waals surface area contributed by atoms with Crippen LogP contribution in [0.5, 0.6) is 17.2 Å². The lowest BCUT2D eigenvalue weighted by Gasteiger charge is -2.20. The smallest absolute Gasteiger partial charge is 0.199 e. The molecule has 1 aromatic heterocycles. The molecule has 0 unspecified atom stereocenters. The lowest BCUT2D eigenvalue weighted by Crippen LogP contribution is -2.21. The first-order chi connectivity index (χ1) is 9.56. The molecular formula is C14H9NO5. The second-order valence-corrected chi connectivity index (χ2v) is 4.28. The van der Waals surface area contributed by atoms with E-state index in [1.54, 1.807) is 0 Å². The van der Waals surface area contributed by atoms with Gasteiger partial charge in [-0.15, -0.1) is 0 Å². The van der Waals surface area contributed by atoms with E-state index in [9.17, 15) is 19.8 Å². The molecule has 0 radical (unpaired) electrons. The zero-order valence-electron chi connectivity index (χ0n) is 10.4. The quantitative estimate of drug-likeness (QED) is 0.647. The van der Waals surface area contributed by atoms with Gasteiger partial charge in [-0.1, -0.05) is 0 Å². The van der Waals surface area contributed by atoms with Crippen LogP contribution in [-0.2, 0) is 0 Å². The Morgan fingerprint density at radius 1 is 1.10 bits per heavy atom. The molecule has 0 saturated heterocycles. The topological polar surface area (TPSA) is 96.7 Å². The molecule has 0 fully saturated rings. The van der Waals surface area contributed by atoms with Crippen LogP contribution >= 0.6 is 0 Å². The van der Waals surface area contributed by atoms with Crippen LogP contribution in [0.1, 0.15) is 31.8 Å². The van der Waals surface area contributed by atoms with E-state index >= 15 is 0 Å².